The van der Waals surface area contributed by atoms with Crippen LogP contribution >= 0.6 is 0 Å². The number of fused-ring (bicyclic) bond motifs is 3. The van der Waals surface area contributed by atoms with Crippen LogP contribution in [0.15, 0.2) is 115 Å². The van der Waals surface area contributed by atoms with Gasteiger partial charge in [0.05, 0.1) is 35.0 Å². The number of para-hydroxylation sites is 2. The van der Waals surface area contributed by atoms with Gasteiger partial charge in [0.1, 0.15) is 12.4 Å². The molecule has 1 N–H and O–H groups in total. The van der Waals surface area contributed by atoms with Crippen LogP contribution in [0.25, 0.3) is 16.7 Å². The summed E-state index contributed by atoms with van der Waals surface area (Å²) in [7, 11) is 0. The van der Waals surface area contributed by atoms with Gasteiger partial charge in [0.15, 0.2) is 0 Å². The number of carbonyl (C=O) groups is 1. The number of hydrogen-bond acceptors (Lipinski definition) is 5. The fraction of sp³-hybridized carbons (Fsp3) is 0.125. The van der Waals surface area contributed by atoms with Gasteiger partial charge in [0.2, 0.25) is 5.95 Å². The SMILES string of the molecule is CCOC(=O)C1=C(c2ccccc2)Nc2nc3ccccc3n2C1c1ccc(OCc2ccccc2)cc1. The first-order chi connectivity index (χ1) is 18.7. The molecule has 6 nitrogen and oxygen atoms in total. The Bertz CT molecular complexity index is 1610. The van der Waals surface area contributed by atoms with Crippen molar-refractivity contribution in [2.24, 2.45) is 0 Å². The number of nitrogens with one attached hydrogen (secondary N) is 1. The molecule has 0 saturated carbocycles. The molecule has 0 aliphatic carbocycles. The van der Waals surface area contributed by atoms with E-state index in [1.807, 2.05) is 116 Å². The Balaban J connectivity index is 1.47. The van der Waals surface area contributed by atoms with E-state index in [-0.39, 0.29) is 12.6 Å². The number of anilines is 1. The molecule has 0 saturated heterocycles. The van der Waals surface area contributed by atoms with Crippen molar-refractivity contribution in [2.45, 2.75) is 19.6 Å². The van der Waals surface area contributed by atoms with Crippen LogP contribution in [0, 0.1) is 0 Å². The second-order valence-corrected chi connectivity index (χ2v) is 9.04. The van der Waals surface area contributed by atoms with E-state index in [0.29, 0.717) is 23.8 Å². The Morgan fingerprint density at radius 2 is 1.55 bits per heavy atom. The number of benzene rings is 4. The second-order valence-electron chi connectivity index (χ2n) is 9.04. The van der Waals surface area contributed by atoms with Crippen LogP contribution in [0.3, 0.4) is 0 Å². The minimum Gasteiger partial charge on any atom is -0.489 e. The zero-order valence-electron chi connectivity index (χ0n) is 21.0. The summed E-state index contributed by atoms with van der Waals surface area (Å²) < 4.78 is 13.7. The van der Waals surface area contributed by atoms with Crippen LogP contribution in [-0.4, -0.2) is 22.1 Å². The van der Waals surface area contributed by atoms with Crippen LogP contribution in [0.5, 0.6) is 5.75 Å². The molecule has 1 atom stereocenters. The van der Waals surface area contributed by atoms with Crippen molar-refractivity contribution in [3.8, 4) is 5.75 Å². The van der Waals surface area contributed by atoms with Gasteiger partial charge in [-0.1, -0.05) is 84.9 Å². The molecule has 6 heteroatoms. The van der Waals surface area contributed by atoms with Crippen molar-refractivity contribution < 1.29 is 14.3 Å². The maximum absolute atomic E-state index is 13.6. The van der Waals surface area contributed by atoms with Gasteiger partial charge in [-0.05, 0) is 47.9 Å². The van der Waals surface area contributed by atoms with Crippen molar-refractivity contribution >= 4 is 28.6 Å². The van der Waals surface area contributed by atoms with Gasteiger partial charge in [-0.2, -0.15) is 0 Å². The van der Waals surface area contributed by atoms with E-state index < -0.39 is 6.04 Å². The topological polar surface area (TPSA) is 65.4 Å². The smallest absolute Gasteiger partial charge is 0.338 e. The molecule has 0 amide bonds. The van der Waals surface area contributed by atoms with Gasteiger partial charge >= 0.3 is 5.97 Å². The van der Waals surface area contributed by atoms with E-state index in [0.717, 1.165) is 33.5 Å². The average molecular weight is 502 g/mol. The van der Waals surface area contributed by atoms with Gasteiger partial charge in [0, 0.05) is 0 Å². The van der Waals surface area contributed by atoms with E-state index in [9.17, 15) is 4.79 Å². The fourth-order valence-electron chi connectivity index (χ4n) is 4.90. The lowest BCUT2D eigenvalue weighted by Gasteiger charge is -2.31. The average Bonchev–Trinajstić information content (AvgIpc) is 3.35. The molecule has 1 aromatic heterocycles. The monoisotopic (exact) mass is 501 g/mol. The number of ether oxygens (including phenoxy) is 2. The summed E-state index contributed by atoms with van der Waals surface area (Å²) in [6.45, 7) is 2.58. The van der Waals surface area contributed by atoms with Crippen LogP contribution < -0.4 is 10.1 Å². The van der Waals surface area contributed by atoms with Gasteiger partial charge in [-0.25, -0.2) is 9.78 Å². The molecule has 0 bridgehead atoms. The van der Waals surface area contributed by atoms with Crippen LogP contribution in [0.1, 0.15) is 29.7 Å². The Morgan fingerprint density at radius 1 is 0.868 bits per heavy atom. The van der Waals surface area contributed by atoms with Crippen LogP contribution in [-0.2, 0) is 16.1 Å². The number of aromatic nitrogens is 2. The number of esters is 1. The lowest BCUT2D eigenvalue weighted by atomic mass is 9.92. The number of nitrogens with zero attached hydrogens (tertiary/aromatic N) is 2. The highest BCUT2D eigenvalue weighted by molar-refractivity contribution is 6.03. The quantitative estimate of drug-likeness (QED) is 0.254. The highest BCUT2D eigenvalue weighted by Crippen LogP contribution is 2.42. The van der Waals surface area contributed by atoms with E-state index >= 15 is 0 Å². The largest absolute Gasteiger partial charge is 0.489 e. The molecule has 188 valence electrons. The molecule has 2 heterocycles. The minimum absolute atomic E-state index is 0.279. The zero-order valence-corrected chi connectivity index (χ0v) is 21.0. The summed E-state index contributed by atoms with van der Waals surface area (Å²) in [5.74, 6) is 1.07. The predicted molar refractivity (Wildman–Crippen MR) is 149 cm³/mol. The first-order valence-electron chi connectivity index (χ1n) is 12.7. The Hall–Kier alpha value is -4.84. The van der Waals surface area contributed by atoms with Crippen molar-refractivity contribution in [2.75, 3.05) is 11.9 Å². The molecule has 4 aromatic carbocycles. The summed E-state index contributed by atoms with van der Waals surface area (Å²) in [6, 6.07) is 35.3. The van der Waals surface area contributed by atoms with Crippen molar-refractivity contribution in [3.63, 3.8) is 0 Å². The first-order valence-corrected chi connectivity index (χ1v) is 12.7. The van der Waals surface area contributed by atoms with Crippen LogP contribution in [0.2, 0.25) is 0 Å². The third kappa shape index (κ3) is 4.41. The number of rotatable bonds is 7. The maximum Gasteiger partial charge on any atom is 0.338 e. The molecular weight excluding hydrogens is 474 g/mol. The summed E-state index contributed by atoms with van der Waals surface area (Å²) in [5.41, 5.74) is 5.93. The van der Waals surface area contributed by atoms with E-state index in [1.54, 1.807) is 0 Å². The molecule has 0 radical (unpaired) electrons. The molecule has 38 heavy (non-hydrogen) atoms. The zero-order chi connectivity index (χ0) is 25.9. The predicted octanol–water partition coefficient (Wildman–Crippen LogP) is 6.60. The molecule has 1 aliphatic rings. The number of hydrogen-bond donors (Lipinski definition) is 1. The summed E-state index contributed by atoms with van der Waals surface area (Å²) in [4.78, 5) is 18.4. The Morgan fingerprint density at radius 3 is 2.29 bits per heavy atom. The van der Waals surface area contributed by atoms with Crippen LogP contribution in [0.4, 0.5) is 5.95 Å². The van der Waals surface area contributed by atoms with Gasteiger partial charge in [-0.3, -0.25) is 4.57 Å². The van der Waals surface area contributed by atoms with Crippen molar-refractivity contribution in [1.82, 2.24) is 9.55 Å². The summed E-state index contributed by atoms with van der Waals surface area (Å²) in [5, 5.41) is 3.45. The van der Waals surface area contributed by atoms with E-state index in [4.69, 9.17) is 14.5 Å². The standard InChI is InChI=1S/C32H27N3O3/c1-2-37-31(36)28-29(23-13-7-4-8-14-23)34-32-33-26-15-9-10-16-27(26)35(32)30(28)24-17-19-25(20-18-24)38-21-22-11-5-3-6-12-22/h3-20,30H,2,21H2,1H3,(H,33,34). The lowest BCUT2D eigenvalue weighted by molar-refractivity contribution is -0.138. The summed E-state index contributed by atoms with van der Waals surface area (Å²) in [6.07, 6.45) is 0. The second kappa shape index (κ2) is 10.3. The van der Waals surface area contributed by atoms with Crippen molar-refractivity contribution in [1.29, 1.82) is 0 Å². The first kappa shape index (κ1) is 23.6. The van der Waals surface area contributed by atoms with Gasteiger partial charge in [0.25, 0.3) is 0 Å². The Kier molecular flexibility index (Phi) is 6.36. The normalized spacial score (nSPS) is 14.6. The minimum atomic E-state index is -0.448. The van der Waals surface area contributed by atoms with Gasteiger partial charge < -0.3 is 14.8 Å². The number of imidazole rings is 1. The molecule has 1 aliphatic heterocycles. The Labute approximate surface area is 221 Å². The molecule has 0 spiro atoms. The van der Waals surface area contributed by atoms with E-state index in [2.05, 4.69) is 9.88 Å². The molecule has 6 rings (SSSR count). The molecule has 0 fully saturated rings. The molecule has 5 aromatic rings. The molecule has 1 unspecified atom stereocenters. The number of carbonyl (C=O) groups excluding carboxylic acids is 1. The van der Waals surface area contributed by atoms with E-state index in [1.165, 1.54) is 0 Å². The highest BCUT2D eigenvalue weighted by atomic mass is 16.5. The highest BCUT2D eigenvalue weighted by Gasteiger charge is 2.36. The third-order valence-corrected chi connectivity index (χ3v) is 6.64. The summed E-state index contributed by atoms with van der Waals surface area (Å²) >= 11 is 0. The maximum atomic E-state index is 13.6. The van der Waals surface area contributed by atoms with Crippen molar-refractivity contribution in [3.05, 3.63) is 131 Å². The lowest BCUT2D eigenvalue weighted by Crippen LogP contribution is -2.29. The molecular formula is C32H27N3O3. The third-order valence-electron chi connectivity index (χ3n) is 6.64. The fourth-order valence-corrected chi connectivity index (χ4v) is 4.90. The van der Waals surface area contributed by atoms with Gasteiger partial charge in [-0.15, -0.1) is 0 Å².